The van der Waals surface area contributed by atoms with E-state index in [1.807, 2.05) is 15.7 Å². The van der Waals surface area contributed by atoms with Crippen molar-refractivity contribution in [2.75, 3.05) is 13.1 Å². The standard InChI is InChI=1S/C26H31BrClN5OS/c1-26(2,3)18-11-17(12-19(27)13-18)22-23(28)35-25(31-22)16-6-9-32(10-7-16)21(34)14-33-15-30-20-5-4-8-29-24(20)33/h8,11-13,15-16,22-23H,4-7,9-10,14H2,1-3H3. The van der Waals surface area contributed by atoms with Gasteiger partial charge in [-0.3, -0.25) is 9.79 Å². The number of rotatable bonds is 4. The van der Waals surface area contributed by atoms with Crippen LogP contribution < -0.4 is 0 Å². The van der Waals surface area contributed by atoms with E-state index in [1.54, 1.807) is 18.1 Å². The Labute approximate surface area is 224 Å². The van der Waals surface area contributed by atoms with Gasteiger partial charge in [0.05, 0.1) is 17.1 Å². The van der Waals surface area contributed by atoms with Gasteiger partial charge in [-0.05, 0) is 54.4 Å². The number of alkyl halides is 1. The molecule has 1 aromatic heterocycles. The van der Waals surface area contributed by atoms with Crippen LogP contribution in [0.15, 0.2) is 39.0 Å². The summed E-state index contributed by atoms with van der Waals surface area (Å²) in [4.78, 5) is 28.9. The lowest BCUT2D eigenvalue weighted by atomic mass is 9.85. The molecule has 2 atom stereocenters. The molecule has 3 aliphatic heterocycles. The minimum Gasteiger partial charge on any atom is -0.341 e. The summed E-state index contributed by atoms with van der Waals surface area (Å²) in [5.41, 5.74) is 3.47. The number of fused-ring (bicyclic) bond motifs is 1. The largest absolute Gasteiger partial charge is 0.341 e. The van der Waals surface area contributed by atoms with Gasteiger partial charge in [-0.2, -0.15) is 0 Å². The van der Waals surface area contributed by atoms with Gasteiger partial charge in [-0.25, -0.2) is 9.98 Å². The van der Waals surface area contributed by atoms with Crippen LogP contribution in [0.25, 0.3) is 0 Å². The number of aliphatic imine (C=N–C) groups is 2. The Balaban J connectivity index is 1.22. The monoisotopic (exact) mass is 575 g/mol. The van der Waals surface area contributed by atoms with Gasteiger partial charge in [-0.1, -0.05) is 54.5 Å². The summed E-state index contributed by atoms with van der Waals surface area (Å²) in [6.45, 7) is 8.44. The minimum absolute atomic E-state index is 0.0529. The quantitative estimate of drug-likeness (QED) is 0.402. The Morgan fingerprint density at radius 3 is 2.74 bits per heavy atom. The fourth-order valence-electron chi connectivity index (χ4n) is 4.88. The van der Waals surface area contributed by atoms with Crippen LogP contribution in [-0.4, -0.2) is 49.4 Å². The first-order chi connectivity index (χ1) is 16.7. The Morgan fingerprint density at radius 2 is 2.00 bits per heavy atom. The molecule has 5 rings (SSSR count). The lowest BCUT2D eigenvalue weighted by Gasteiger charge is -2.32. The van der Waals surface area contributed by atoms with Gasteiger partial charge in [0.25, 0.3) is 0 Å². The van der Waals surface area contributed by atoms with Crippen LogP contribution in [0, 0.1) is 5.92 Å². The fourth-order valence-corrected chi connectivity index (χ4v) is 7.05. The maximum atomic E-state index is 13.0. The van der Waals surface area contributed by atoms with Gasteiger partial charge < -0.3 is 9.47 Å². The van der Waals surface area contributed by atoms with E-state index >= 15 is 0 Å². The SMILES string of the molecule is CC(C)(C)c1cc(Br)cc(C2N=C(C3CCN(C(=O)Cn4cnc5c4N=CCC5)CC3)SC2Cl)c1. The first-order valence-electron chi connectivity index (χ1n) is 12.2. The third-order valence-corrected chi connectivity index (χ3v) is 9.11. The highest BCUT2D eigenvalue weighted by Gasteiger charge is 2.36. The highest BCUT2D eigenvalue weighted by atomic mass is 79.9. The zero-order valence-electron chi connectivity index (χ0n) is 20.4. The highest BCUT2D eigenvalue weighted by molar-refractivity contribution is 9.10. The third-order valence-electron chi connectivity index (χ3n) is 6.98. The topological polar surface area (TPSA) is 62.9 Å². The average Bonchev–Trinajstić information content (AvgIpc) is 3.42. The molecule has 1 aromatic carbocycles. The summed E-state index contributed by atoms with van der Waals surface area (Å²) >= 11 is 12.2. The number of hydrogen-bond acceptors (Lipinski definition) is 5. The van der Waals surface area contributed by atoms with Crippen molar-refractivity contribution in [3.8, 4) is 0 Å². The van der Waals surface area contributed by atoms with Crippen molar-refractivity contribution in [3.05, 3.63) is 45.8 Å². The Morgan fingerprint density at radius 1 is 1.23 bits per heavy atom. The van der Waals surface area contributed by atoms with Crippen molar-refractivity contribution in [1.82, 2.24) is 14.5 Å². The number of hydrogen-bond donors (Lipinski definition) is 0. The Bertz CT molecular complexity index is 1180. The molecule has 1 amide bonds. The predicted octanol–water partition coefficient (Wildman–Crippen LogP) is 6.28. The van der Waals surface area contributed by atoms with Crippen molar-refractivity contribution in [2.24, 2.45) is 15.9 Å². The molecule has 0 radical (unpaired) electrons. The molecule has 0 bridgehead atoms. The number of carbonyl (C=O) groups is 1. The number of aryl methyl sites for hydroxylation is 1. The van der Waals surface area contributed by atoms with Crippen LogP contribution in [0.5, 0.6) is 0 Å². The van der Waals surface area contributed by atoms with Crippen molar-refractivity contribution in [3.63, 3.8) is 0 Å². The van der Waals surface area contributed by atoms with Crippen molar-refractivity contribution in [1.29, 1.82) is 0 Å². The smallest absolute Gasteiger partial charge is 0.242 e. The van der Waals surface area contributed by atoms with E-state index in [1.165, 1.54) is 5.56 Å². The summed E-state index contributed by atoms with van der Waals surface area (Å²) in [5.74, 6) is 1.31. The summed E-state index contributed by atoms with van der Waals surface area (Å²) < 4.78 is 2.83. The molecular formula is C26H31BrClN5OS. The summed E-state index contributed by atoms with van der Waals surface area (Å²) in [5, 5.41) is 1.14. The molecule has 1 fully saturated rings. The first-order valence-corrected chi connectivity index (χ1v) is 14.3. The van der Waals surface area contributed by atoms with Gasteiger partial charge in [0.15, 0.2) is 5.82 Å². The van der Waals surface area contributed by atoms with E-state index in [0.29, 0.717) is 12.5 Å². The number of thioether (sulfide) groups is 1. The number of amides is 1. The molecule has 2 unspecified atom stereocenters. The minimum atomic E-state index is -0.111. The van der Waals surface area contributed by atoms with E-state index < -0.39 is 0 Å². The lowest BCUT2D eigenvalue weighted by molar-refractivity contribution is -0.132. The van der Waals surface area contributed by atoms with Crippen LogP contribution in [0.4, 0.5) is 5.82 Å². The van der Waals surface area contributed by atoms with Crippen LogP contribution in [0.1, 0.15) is 62.9 Å². The molecule has 6 nitrogen and oxygen atoms in total. The van der Waals surface area contributed by atoms with Crippen molar-refractivity contribution < 1.29 is 4.79 Å². The molecule has 0 N–H and O–H groups in total. The van der Waals surface area contributed by atoms with Gasteiger partial charge in [0.2, 0.25) is 5.91 Å². The summed E-state index contributed by atoms with van der Waals surface area (Å²) in [7, 11) is 0. The maximum Gasteiger partial charge on any atom is 0.242 e. The molecule has 2 aromatic rings. The van der Waals surface area contributed by atoms with Crippen molar-refractivity contribution in [2.45, 2.75) is 69.2 Å². The molecular weight excluding hydrogens is 546 g/mol. The van der Waals surface area contributed by atoms with E-state index in [4.69, 9.17) is 16.6 Å². The second kappa shape index (κ2) is 10.0. The van der Waals surface area contributed by atoms with Gasteiger partial charge in [0.1, 0.15) is 17.3 Å². The van der Waals surface area contributed by atoms with E-state index in [-0.39, 0.29) is 22.1 Å². The molecule has 0 aliphatic carbocycles. The Kier molecular flexibility index (Phi) is 7.16. The molecule has 4 heterocycles. The van der Waals surface area contributed by atoms with Crippen molar-refractivity contribution >= 4 is 62.3 Å². The zero-order chi connectivity index (χ0) is 24.7. The number of aromatic nitrogens is 2. The molecule has 35 heavy (non-hydrogen) atoms. The normalized spacial score (nSPS) is 22.9. The molecule has 3 aliphatic rings. The molecule has 186 valence electrons. The number of imidazole rings is 1. The van der Waals surface area contributed by atoms with Crippen LogP contribution in [0.2, 0.25) is 0 Å². The average molecular weight is 577 g/mol. The second-order valence-electron chi connectivity index (χ2n) is 10.6. The first kappa shape index (κ1) is 25.0. The highest BCUT2D eigenvalue weighted by Crippen LogP contribution is 2.45. The Hall–Kier alpha value is -1.64. The number of likely N-dealkylation sites (tertiary alicyclic amines) is 1. The molecule has 0 spiro atoms. The van der Waals surface area contributed by atoms with Crippen LogP contribution in [0.3, 0.4) is 0 Å². The number of carbonyl (C=O) groups excluding carboxylic acids is 1. The van der Waals surface area contributed by atoms with Crippen LogP contribution >= 0.6 is 39.3 Å². The summed E-state index contributed by atoms with van der Waals surface area (Å²) in [6, 6.07) is 6.52. The summed E-state index contributed by atoms with van der Waals surface area (Å²) in [6.07, 6.45) is 7.29. The third kappa shape index (κ3) is 5.39. The number of nitrogens with zero attached hydrogens (tertiary/aromatic N) is 5. The van der Waals surface area contributed by atoms with E-state index in [2.05, 4.69) is 64.9 Å². The number of benzene rings is 1. The fraction of sp³-hybridized carbons (Fsp3) is 0.538. The number of halogens is 2. The predicted molar refractivity (Wildman–Crippen MR) is 148 cm³/mol. The zero-order valence-corrected chi connectivity index (χ0v) is 23.5. The second-order valence-corrected chi connectivity index (χ2v) is 13.4. The van der Waals surface area contributed by atoms with Crippen LogP contribution in [-0.2, 0) is 23.2 Å². The lowest BCUT2D eigenvalue weighted by Crippen LogP contribution is -2.41. The molecule has 9 heteroatoms. The van der Waals surface area contributed by atoms with Gasteiger partial charge >= 0.3 is 0 Å². The van der Waals surface area contributed by atoms with Gasteiger partial charge in [0, 0.05) is 29.7 Å². The molecule has 0 saturated carbocycles. The maximum absolute atomic E-state index is 13.0. The number of piperidine rings is 1. The van der Waals surface area contributed by atoms with E-state index in [0.717, 1.165) is 65.4 Å². The molecule has 1 saturated heterocycles. The van der Waals surface area contributed by atoms with E-state index in [9.17, 15) is 4.79 Å². The van der Waals surface area contributed by atoms with Gasteiger partial charge in [-0.15, -0.1) is 11.6 Å².